The highest BCUT2D eigenvalue weighted by atomic mass is 32.1. The van der Waals surface area contributed by atoms with Crippen LogP contribution in [-0.2, 0) is 5.41 Å². The molecular weight excluding hydrogens is 278 g/mol. The van der Waals surface area contributed by atoms with Gasteiger partial charge in [-0.3, -0.25) is 0 Å². The van der Waals surface area contributed by atoms with Crippen LogP contribution in [0.1, 0.15) is 80.9 Å². The predicted molar refractivity (Wildman–Crippen MR) is 85.9 cm³/mol. The summed E-state index contributed by atoms with van der Waals surface area (Å²) in [5.41, 5.74) is -0.0411. The van der Waals surface area contributed by atoms with Crippen molar-refractivity contribution in [3.63, 3.8) is 0 Å². The molecule has 2 aliphatic rings. The summed E-state index contributed by atoms with van der Waals surface area (Å²) in [4.78, 5) is 1.38. The Morgan fingerprint density at radius 2 is 1.90 bits per heavy atom. The largest absolute Gasteiger partial charge is 0.311 e. The van der Waals surface area contributed by atoms with E-state index in [1.165, 1.54) is 55.1 Å². The van der Waals surface area contributed by atoms with Gasteiger partial charge in [-0.25, -0.2) is 0 Å². The van der Waals surface area contributed by atoms with Gasteiger partial charge in [-0.15, -0.1) is 21.5 Å². The van der Waals surface area contributed by atoms with Crippen LogP contribution in [0.4, 0.5) is 0 Å². The molecule has 0 saturated heterocycles. The maximum Gasteiger partial charge on any atom is 0.144 e. The molecule has 4 heteroatoms. The minimum Gasteiger partial charge on any atom is -0.311 e. The molecule has 2 saturated carbocycles. The predicted octanol–water partition coefficient (Wildman–Crippen LogP) is 4.66. The molecule has 0 atom stereocenters. The molecule has 0 bridgehead atoms. The molecular formula is C17H23N3S. The van der Waals surface area contributed by atoms with E-state index < -0.39 is 0 Å². The molecule has 0 spiro atoms. The Balaban J connectivity index is 1.78. The lowest BCUT2D eigenvalue weighted by Crippen LogP contribution is -2.24. The maximum atomic E-state index is 4.67. The molecule has 2 aliphatic carbocycles. The smallest absolute Gasteiger partial charge is 0.144 e. The Morgan fingerprint density at radius 3 is 2.52 bits per heavy atom. The van der Waals surface area contributed by atoms with Crippen molar-refractivity contribution in [1.82, 2.24) is 14.8 Å². The third-order valence-corrected chi connectivity index (χ3v) is 6.24. The molecule has 0 N–H and O–H groups in total. The van der Waals surface area contributed by atoms with E-state index in [0.717, 1.165) is 0 Å². The zero-order valence-electron chi connectivity index (χ0n) is 12.9. The standard InChI is InChI=1S/C17H23N3S/c1-17(2,14-8-5-11-21-14)16-19-18-15(12-6-3-4-7-12)20(16)13-9-10-13/h5,8,11-13H,3-4,6-7,9-10H2,1-2H3. The van der Waals surface area contributed by atoms with E-state index in [2.05, 4.69) is 46.1 Å². The molecule has 2 aromatic rings. The van der Waals surface area contributed by atoms with Gasteiger partial charge in [0.1, 0.15) is 11.6 Å². The SMILES string of the molecule is CC(C)(c1cccs1)c1nnc(C2CCCC2)n1C1CC1. The number of aromatic nitrogens is 3. The van der Waals surface area contributed by atoms with Gasteiger partial charge in [0, 0.05) is 16.8 Å². The fraction of sp³-hybridized carbons (Fsp3) is 0.647. The lowest BCUT2D eigenvalue weighted by Gasteiger charge is -2.24. The van der Waals surface area contributed by atoms with Crippen molar-refractivity contribution < 1.29 is 0 Å². The second kappa shape index (κ2) is 4.94. The van der Waals surface area contributed by atoms with Crippen molar-refractivity contribution in [2.24, 2.45) is 0 Å². The summed E-state index contributed by atoms with van der Waals surface area (Å²) in [7, 11) is 0. The molecule has 0 aromatic carbocycles. The Morgan fingerprint density at radius 1 is 1.14 bits per heavy atom. The van der Waals surface area contributed by atoms with Crippen LogP contribution < -0.4 is 0 Å². The molecule has 0 amide bonds. The lowest BCUT2D eigenvalue weighted by atomic mass is 9.90. The van der Waals surface area contributed by atoms with Gasteiger partial charge in [0.15, 0.2) is 0 Å². The molecule has 2 aromatic heterocycles. The van der Waals surface area contributed by atoms with E-state index in [-0.39, 0.29) is 5.41 Å². The summed E-state index contributed by atoms with van der Waals surface area (Å²) in [6.45, 7) is 4.58. The second-order valence-corrected chi connectivity index (χ2v) is 8.01. The first-order valence-corrected chi connectivity index (χ1v) is 9.05. The van der Waals surface area contributed by atoms with Crippen molar-refractivity contribution in [2.75, 3.05) is 0 Å². The van der Waals surface area contributed by atoms with Gasteiger partial charge in [-0.05, 0) is 51.0 Å². The third kappa shape index (κ3) is 2.24. The van der Waals surface area contributed by atoms with E-state index in [1.54, 1.807) is 0 Å². The van der Waals surface area contributed by atoms with E-state index >= 15 is 0 Å². The van der Waals surface area contributed by atoms with E-state index in [0.29, 0.717) is 12.0 Å². The van der Waals surface area contributed by atoms with Crippen LogP contribution in [-0.4, -0.2) is 14.8 Å². The van der Waals surface area contributed by atoms with Crippen molar-refractivity contribution in [3.8, 4) is 0 Å². The Bertz CT molecular complexity index is 617. The first-order valence-electron chi connectivity index (χ1n) is 8.17. The average Bonchev–Trinajstić information content (AvgIpc) is 2.99. The Labute approximate surface area is 130 Å². The van der Waals surface area contributed by atoms with E-state index in [9.17, 15) is 0 Å². The normalized spacial score (nSPS) is 20.3. The van der Waals surface area contributed by atoms with Crippen LogP contribution in [0.3, 0.4) is 0 Å². The highest BCUT2D eigenvalue weighted by Crippen LogP contribution is 2.45. The summed E-state index contributed by atoms with van der Waals surface area (Å²) in [5.74, 6) is 3.09. The summed E-state index contributed by atoms with van der Waals surface area (Å²) in [6, 6.07) is 5.02. The number of hydrogen-bond donors (Lipinski definition) is 0. The quantitative estimate of drug-likeness (QED) is 0.822. The van der Waals surface area contributed by atoms with Crippen LogP contribution in [0, 0.1) is 0 Å². The van der Waals surface area contributed by atoms with Crippen LogP contribution in [0.15, 0.2) is 17.5 Å². The topological polar surface area (TPSA) is 30.7 Å². The average molecular weight is 301 g/mol. The monoisotopic (exact) mass is 301 g/mol. The first kappa shape index (κ1) is 13.5. The van der Waals surface area contributed by atoms with Crippen LogP contribution in [0.5, 0.6) is 0 Å². The molecule has 3 nitrogen and oxygen atoms in total. The van der Waals surface area contributed by atoms with E-state index in [1.807, 2.05) is 11.3 Å². The molecule has 112 valence electrons. The fourth-order valence-corrected chi connectivity index (χ4v) is 4.48. The first-order chi connectivity index (χ1) is 10.2. The summed E-state index contributed by atoms with van der Waals surface area (Å²) in [6.07, 6.45) is 7.89. The summed E-state index contributed by atoms with van der Waals surface area (Å²) in [5, 5.41) is 11.5. The molecule has 0 aliphatic heterocycles. The number of rotatable bonds is 4. The Hall–Kier alpha value is -1.16. The maximum absolute atomic E-state index is 4.67. The van der Waals surface area contributed by atoms with Crippen molar-refractivity contribution in [3.05, 3.63) is 34.0 Å². The van der Waals surface area contributed by atoms with Gasteiger partial charge in [0.05, 0.1) is 5.41 Å². The van der Waals surface area contributed by atoms with Crippen LogP contribution in [0.25, 0.3) is 0 Å². The molecule has 21 heavy (non-hydrogen) atoms. The molecule has 0 unspecified atom stereocenters. The third-order valence-electron chi connectivity index (χ3n) is 5.05. The summed E-state index contributed by atoms with van der Waals surface area (Å²) >= 11 is 1.83. The van der Waals surface area contributed by atoms with Crippen molar-refractivity contribution >= 4 is 11.3 Å². The van der Waals surface area contributed by atoms with Gasteiger partial charge in [-0.2, -0.15) is 0 Å². The fourth-order valence-electron chi connectivity index (χ4n) is 3.63. The van der Waals surface area contributed by atoms with E-state index in [4.69, 9.17) is 0 Å². The zero-order chi connectivity index (χ0) is 14.4. The van der Waals surface area contributed by atoms with Crippen LogP contribution >= 0.6 is 11.3 Å². The highest BCUT2D eigenvalue weighted by molar-refractivity contribution is 7.10. The van der Waals surface area contributed by atoms with Gasteiger partial charge < -0.3 is 4.57 Å². The van der Waals surface area contributed by atoms with Crippen molar-refractivity contribution in [1.29, 1.82) is 0 Å². The number of thiophene rings is 1. The summed E-state index contributed by atoms with van der Waals surface area (Å²) < 4.78 is 2.51. The Kier molecular flexibility index (Phi) is 3.18. The second-order valence-electron chi connectivity index (χ2n) is 7.07. The number of nitrogens with zero attached hydrogens (tertiary/aromatic N) is 3. The molecule has 2 fully saturated rings. The highest BCUT2D eigenvalue weighted by Gasteiger charge is 2.39. The lowest BCUT2D eigenvalue weighted by molar-refractivity contribution is 0.517. The molecule has 0 radical (unpaired) electrons. The van der Waals surface area contributed by atoms with Gasteiger partial charge in [0.2, 0.25) is 0 Å². The molecule has 2 heterocycles. The van der Waals surface area contributed by atoms with Gasteiger partial charge in [-0.1, -0.05) is 18.9 Å². The van der Waals surface area contributed by atoms with Gasteiger partial charge >= 0.3 is 0 Å². The van der Waals surface area contributed by atoms with Crippen molar-refractivity contribution in [2.45, 2.75) is 69.7 Å². The van der Waals surface area contributed by atoms with Gasteiger partial charge in [0.25, 0.3) is 0 Å². The number of hydrogen-bond acceptors (Lipinski definition) is 3. The van der Waals surface area contributed by atoms with Crippen LogP contribution in [0.2, 0.25) is 0 Å². The molecule has 4 rings (SSSR count). The minimum absolute atomic E-state index is 0.0411. The minimum atomic E-state index is -0.0411. The zero-order valence-corrected chi connectivity index (χ0v) is 13.7.